The summed E-state index contributed by atoms with van der Waals surface area (Å²) in [7, 11) is 1.72. The Morgan fingerprint density at radius 2 is 2.22 bits per heavy atom. The van der Waals surface area contributed by atoms with Gasteiger partial charge in [-0.25, -0.2) is 4.98 Å². The lowest BCUT2D eigenvalue weighted by Gasteiger charge is -2.10. The SMILES string of the molecule is Cc1cc(Cl)ccc1NC(=O)CSc1nc2sc3c(c2c(=O)n1C)CCC3. The molecule has 1 aliphatic rings. The van der Waals surface area contributed by atoms with Crippen molar-refractivity contribution in [2.24, 2.45) is 7.05 Å². The summed E-state index contributed by atoms with van der Waals surface area (Å²) in [4.78, 5) is 31.8. The van der Waals surface area contributed by atoms with Crippen LogP contribution in [0.25, 0.3) is 10.2 Å². The van der Waals surface area contributed by atoms with Crippen LogP contribution < -0.4 is 10.9 Å². The van der Waals surface area contributed by atoms with Crippen LogP contribution in [0.15, 0.2) is 28.2 Å². The quantitative estimate of drug-likeness (QED) is 0.509. The minimum absolute atomic E-state index is 0.0177. The third-order valence-corrected chi connectivity index (χ3v) is 7.15. The fraction of sp³-hybridized carbons (Fsp3) is 0.316. The van der Waals surface area contributed by atoms with Gasteiger partial charge >= 0.3 is 0 Å². The number of fused-ring (bicyclic) bond motifs is 3. The Bertz CT molecular complexity index is 1120. The molecule has 3 aromatic rings. The fourth-order valence-corrected chi connectivity index (χ4v) is 5.62. The van der Waals surface area contributed by atoms with E-state index in [1.54, 1.807) is 41.2 Å². The van der Waals surface area contributed by atoms with E-state index in [0.717, 1.165) is 40.7 Å². The number of carbonyl (C=O) groups is 1. The first-order valence-electron chi connectivity index (χ1n) is 8.64. The Balaban J connectivity index is 1.53. The summed E-state index contributed by atoms with van der Waals surface area (Å²) < 4.78 is 1.55. The molecule has 0 atom stereocenters. The topological polar surface area (TPSA) is 64.0 Å². The highest BCUT2D eigenvalue weighted by Gasteiger charge is 2.22. The number of thiophene rings is 1. The smallest absolute Gasteiger partial charge is 0.262 e. The van der Waals surface area contributed by atoms with Gasteiger partial charge in [-0.2, -0.15) is 0 Å². The zero-order valence-corrected chi connectivity index (χ0v) is 17.4. The monoisotopic (exact) mass is 419 g/mol. The number of rotatable bonds is 4. The van der Waals surface area contributed by atoms with Crippen molar-refractivity contribution in [3.8, 4) is 0 Å². The summed E-state index contributed by atoms with van der Waals surface area (Å²) >= 11 is 8.83. The van der Waals surface area contributed by atoms with Gasteiger partial charge in [-0.15, -0.1) is 11.3 Å². The second-order valence-corrected chi connectivity index (χ2v) is 9.05. The minimum atomic E-state index is -0.145. The number of aromatic nitrogens is 2. The molecule has 0 radical (unpaired) electrons. The van der Waals surface area contributed by atoms with Crippen molar-refractivity contribution in [2.45, 2.75) is 31.3 Å². The first kappa shape index (κ1) is 18.5. The van der Waals surface area contributed by atoms with Crippen LogP contribution in [0, 0.1) is 6.92 Å². The lowest BCUT2D eigenvalue weighted by atomic mass is 10.2. The highest BCUT2D eigenvalue weighted by atomic mass is 35.5. The summed E-state index contributed by atoms with van der Waals surface area (Å²) in [5.41, 5.74) is 2.80. The highest BCUT2D eigenvalue weighted by molar-refractivity contribution is 7.99. The van der Waals surface area contributed by atoms with Crippen LogP contribution >= 0.6 is 34.7 Å². The number of nitrogens with one attached hydrogen (secondary N) is 1. The van der Waals surface area contributed by atoms with Gasteiger partial charge in [0.1, 0.15) is 4.83 Å². The van der Waals surface area contributed by atoms with Crippen molar-refractivity contribution in [1.29, 1.82) is 0 Å². The standard InChI is InChI=1S/C19H18ClN3O2S2/c1-10-8-11(20)6-7-13(10)21-15(24)9-26-19-22-17-16(18(25)23(19)2)12-4-3-5-14(12)27-17/h6-8H,3-5,9H2,1-2H3,(H,21,24). The number of benzene rings is 1. The number of amides is 1. The molecule has 1 amide bonds. The van der Waals surface area contributed by atoms with Gasteiger partial charge in [0.25, 0.3) is 5.56 Å². The first-order chi connectivity index (χ1) is 12.9. The average molecular weight is 420 g/mol. The Morgan fingerprint density at radius 3 is 3.00 bits per heavy atom. The van der Waals surface area contributed by atoms with Crippen molar-refractivity contribution >= 4 is 56.5 Å². The normalized spacial score (nSPS) is 13.1. The zero-order chi connectivity index (χ0) is 19.1. The molecule has 0 saturated carbocycles. The van der Waals surface area contributed by atoms with E-state index in [9.17, 15) is 9.59 Å². The van der Waals surface area contributed by atoms with Crippen LogP contribution in [0.2, 0.25) is 5.02 Å². The van der Waals surface area contributed by atoms with Gasteiger partial charge in [0.2, 0.25) is 5.91 Å². The van der Waals surface area contributed by atoms with Crippen molar-refractivity contribution in [1.82, 2.24) is 9.55 Å². The maximum atomic E-state index is 12.8. The number of anilines is 1. The molecule has 1 N–H and O–H groups in total. The number of aryl methyl sites for hydroxylation is 3. The van der Waals surface area contributed by atoms with Crippen molar-refractivity contribution in [3.05, 3.63) is 49.6 Å². The molecule has 2 heterocycles. The van der Waals surface area contributed by atoms with E-state index in [1.165, 1.54) is 22.2 Å². The highest BCUT2D eigenvalue weighted by Crippen LogP contribution is 2.35. The second kappa shape index (κ2) is 7.30. The Hall–Kier alpha value is -1.83. The Labute approximate surface area is 169 Å². The molecule has 140 valence electrons. The molecule has 0 fully saturated rings. The van der Waals surface area contributed by atoms with E-state index in [1.807, 2.05) is 6.92 Å². The predicted octanol–water partition coefficient (Wildman–Crippen LogP) is 4.18. The largest absolute Gasteiger partial charge is 0.325 e. The number of nitrogens with zero attached hydrogens (tertiary/aromatic N) is 2. The summed E-state index contributed by atoms with van der Waals surface area (Å²) in [6.07, 6.45) is 3.10. The summed E-state index contributed by atoms with van der Waals surface area (Å²) in [6, 6.07) is 5.33. The fourth-order valence-electron chi connectivity index (χ4n) is 3.32. The molecule has 0 aliphatic heterocycles. The van der Waals surface area contributed by atoms with Gasteiger partial charge in [0.05, 0.1) is 11.1 Å². The zero-order valence-electron chi connectivity index (χ0n) is 15.0. The number of hydrogen-bond acceptors (Lipinski definition) is 5. The van der Waals surface area contributed by atoms with Gasteiger partial charge in [-0.05, 0) is 55.5 Å². The molecular weight excluding hydrogens is 402 g/mol. The van der Waals surface area contributed by atoms with E-state index >= 15 is 0 Å². The minimum Gasteiger partial charge on any atom is -0.325 e. The predicted molar refractivity (Wildman–Crippen MR) is 112 cm³/mol. The van der Waals surface area contributed by atoms with E-state index < -0.39 is 0 Å². The molecule has 0 saturated heterocycles. The Kier molecular flexibility index (Phi) is 5.01. The van der Waals surface area contributed by atoms with E-state index in [4.69, 9.17) is 11.6 Å². The molecule has 4 rings (SSSR count). The number of carbonyl (C=O) groups excluding carboxylic acids is 1. The molecular formula is C19H18ClN3O2S2. The van der Waals surface area contributed by atoms with Crippen LogP contribution in [-0.4, -0.2) is 21.2 Å². The molecule has 1 aromatic carbocycles. The Morgan fingerprint density at radius 1 is 1.41 bits per heavy atom. The molecule has 0 spiro atoms. The van der Waals surface area contributed by atoms with Crippen molar-refractivity contribution in [2.75, 3.05) is 11.1 Å². The van der Waals surface area contributed by atoms with Gasteiger partial charge in [0, 0.05) is 22.6 Å². The molecule has 27 heavy (non-hydrogen) atoms. The maximum Gasteiger partial charge on any atom is 0.262 e. The van der Waals surface area contributed by atoms with Crippen LogP contribution in [0.1, 0.15) is 22.4 Å². The molecule has 5 nitrogen and oxygen atoms in total. The number of hydrogen-bond donors (Lipinski definition) is 1. The molecule has 1 aliphatic carbocycles. The maximum absolute atomic E-state index is 12.8. The second-order valence-electron chi connectivity index (χ2n) is 6.59. The molecule has 0 bridgehead atoms. The van der Waals surface area contributed by atoms with Gasteiger partial charge in [0.15, 0.2) is 5.16 Å². The molecule has 2 aromatic heterocycles. The number of thioether (sulfide) groups is 1. The lowest BCUT2D eigenvalue weighted by Crippen LogP contribution is -2.21. The van der Waals surface area contributed by atoms with E-state index in [2.05, 4.69) is 10.3 Å². The third-order valence-electron chi connectivity index (χ3n) is 4.70. The molecule has 0 unspecified atom stereocenters. The van der Waals surface area contributed by atoms with E-state index in [0.29, 0.717) is 10.2 Å². The van der Waals surface area contributed by atoms with Gasteiger partial charge in [-0.1, -0.05) is 23.4 Å². The van der Waals surface area contributed by atoms with Crippen LogP contribution in [0.5, 0.6) is 0 Å². The number of halogens is 1. The van der Waals surface area contributed by atoms with Crippen molar-refractivity contribution < 1.29 is 4.79 Å². The average Bonchev–Trinajstić information content (AvgIpc) is 3.20. The lowest BCUT2D eigenvalue weighted by molar-refractivity contribution is -0.113. The van der Waals surface area contributed by atoms with Gasteiger partial charge in [-0.3, -0.25) is 14.2 Å². The van der Waals surface area contributed by atoms with Crippen LogP contribution in [-0.2, 0) is 24.7 Å². The summed E-state index contributed by atoms with van der Waals surface area (Å²) in [5.74, 6) is 0.0345. The third kappa shape index (κ3) is 3.51. The van der Waals surface area contributed by atoms with Crippen molar-refractivity contribution in [3.63, 3.8) is 0 Å². The van der Waals surface area contributed by atoms with E-state index in [-0.39, 0.29) is 17.2 Å². The van der Waals surface area contributed by atoms with Crippen LogP contribution in [0.4, 0.5) is 5.69 Å². The summed E-state index contributed by atoms with van der Waals surface area (Å²) in [5, 5.41) is 4.84. The van der Waals surface area contributed by atoms with Gasteiger partial charge < -0.3 is 5.32 Å². The first-order valence-corrected chi connectivity index (χ1v) is 10.8. The summed E-state index contributed by atoms with van der Waals surface area (Å²) in [6.45, 7) is 1.89. The van der Waals surface area contributed by atoms with Crippen LogP contribution in [0.3, 0.4) is 0 Å². The molecule has 8 heteroatoms.